The topological polar surface area (TPSA) is 20.3 Å². The molecule has 0 bridgehead atoms. The lowest BCUT2D eigenvalue weighted by Gasteiger charge is -2.51. The molecule has 1 aliphatic heterocycles. The summed E-state index contributed by atoms with van der Waals surface area (Å²) >= 11 is 0. The highest BCUT2D eigenvalue weighted by atomic mass is 16.1. The minimum atomic E-state index is -0.283. The van der Waals surface area contributed by atoms with Crippen LogP contribution in [0, 0.1) is 5.41 Å². The maximum atomic E-state index is 11.8. The molecule has 0 aromatic rings. The van der Waals surface area contributed by atoms with Crippen molar-refractivity contribution in [1.82, 2.24) is 4.90 Å². The van der Waals surface area contributed by atoms with Gasteiger partial charge in [-0.2, -0.15) is 0 Å². The lowest BCUT2D eigenvalue weighted by molar-refractivity contribution is -0.141. The highest BCUT2D eigenvalue weighted by molar-refractivity contribution is 5.89. The number of likely N-dealkylation sites (N-methyl/N-ethyl adjacent to an activating group) is 1. The van der Waals surface area contributed by atoms with Crippen molar-refractivity contribution in [3.63, 3.8) is 0 Å². The fraction of sp³-hybridized carbons (Fsp3) is 0.909. The quantitative estimate of drug-likeness (QED) is 0.573. The van der Waals surface area contributed by atoms with E-state index in [-0.39, 0.29) is 11.0 Å². The molecule has 0 radical (unpaired) electrons. The molecule has 0 N–H and O–H groups in total. The number of ketones is 1. The number of Topliss-reactive ketones (excluding diaryl/α,β-unsaturated/α-hetero) is 1. The van der Waals surface area contributed by atoms with Crippen molar-refractivity contribution in [2.45, 2.75) is 52.6 Å². The zero-order valence-corrected chi connectivity index (χ0v) is 9.64. The van der Waals surface area contributed by atoms with E-state index < -0.39 is 0 Å². The number of carbonyl (C=O) groups is 1. The van der Waals surface area contributed by atoms with Crippen molar-refractivity contribution in [3.05, 3.63) is 0 Å². The van der Waals surface area contributed by atoms with Crippen LogP contribution < -0.4 is 0 Å². The first-order valence-electron chi connectivity index (χ1n) is 4.96. The molecule has 0 aromatic carbocycles. The predicted octanol–water partition coefficient (Wildman–Crippen LogP) is 2.08. The van der Waals surface area contributed by atoms with Gasteiger partial charge in [-0.25, -0.2) is 0 Å². The smallest absolute Gasteiger partial charge is 0.153 e. The molecule has 1 unspecified atom stereocenters. The Hall–Kier alpha value is -0.370. The molecular formula is C11H21NO. The van der Waals surface area contributed by atoms with E-state index in [1.165, 1.54) is 0 Å². The molecule has 1 aliphatic rings. The minimum absolute atomic E-state index is 0.112. The summed E-state index contributed by atoms with van der Waals surface area (Å²) in [6.45, 7) is 10.6. The van der Waals surface area contributed by atoms with E-state index in [1.54, 1.807) is 0 Å². The van der Waals surface area contributed by atoms with Gasteiger partial charge in [0.15, 0.2) is 5.78 Å². The summed E-state index contributed by atoms with van der Waals surface area (Å²) in [4.78, 5) is 14.0. The molecule has 0 aromatic heterocycles. The van der Waals surface area contributed by atoms with E-state index in [0.29, 0.717) is 18.2 Å². The monoisotopic (exact) mass is 183 g/mol. The zero-order chi connectivity index (χ0) is 10.4. The van der Waals surface area contributed by atoms with Gasteiger partial charge in [0, 0.05) is 12.5 Å². The van der Waals surface area contributed by atoms with Gasteiger partial charge in [0.2, 0.25) is 0 Å². The van der Waals surface area contributed by atoms with E-state index in [2.05, 4.69) is 25.7 Å². The Morgan fingerprint density at radius 1 is 1.31 bits per heavy atom. The molecule has 1 saturated heterocycles. The number of rotatable bonds is 0. The molecule has 1 fully saturated rings. The van der Waals surface area contributed by atoms with Crippen LogP contribution in [-0.2, 0) is 4.79 Å². The van der Waals surface area contributed by atoms with Crippen molar-refractivity contribution in [2.75, 3.05) is 7.05 Å². The van der Waals surface area contributed by atoms with Crippen molar-refractivity contribution >= 4 is 5.78 Å². The largest absolute Gasteiger partial charge is 0.298 e. The van der Waals surface area contributed by atoms with Crippen molar-refractivity contribution in [3.8, 4) is 0 Å². The molecule has 0 amide bonds. The Morgan fingerprint density at radius 3 is 2.23 bits per heavy atom. The van der Waals surface area contributed by atoms with Crippen LogP contribution in [0.25, 0.3) is 0 Å². The Morgan fingerprint density at radius 2 is 1.77 bits per heavy atom. The van der Waals surface area contributed by atoms with Crippen LogP contribution in [0.4, 0.5) is 0 Å². The molecule has 1 heterocycles. The number of hydrogen-bond acceptors (Lipinski definition) is 2. The standard InChI is InChI=1S/C11H21NO/c1-8-10(2,3)7-9(13)11(4,5)12(8)6/h8H,7H2,1-6H3. The van der Waals surface area contributed by atoms with Crippen LogP contribution in [0.5, 0.6) is 0 Å². The van der Waals surface area contributed by atoms with Gasteiger partial charge in [0.25, 0.3) is 0 Å². The Labute approximate surface area is 81.3 Å². The Balaban J connectivity index is 3.00. The van der Waals surface area contributed by atoms with Crippen LogP contribution in [0.1, 0.15) is 41.0 Å². The lowest BCUT2D eigenvalue weighted by atomic mass is 9.71. The van der Waals surface area contributed by atoms with Crippen molar-refractivity contribution in [2.24, 2.45) is 5.41 Å². The number of hydrogen-bond donors (Lipinski definition) is 0. The summed E-state index contributed by atoms with van der Waals surface area (Å²) in [5.41, 5.74) is -0.170. The third-order valence-corrected chi connectivity index (χ3v) is 3.89. The van der Waals surface area contributed by atoms with Crippen LogP contribution in [0.15, 0.2) is 0 Å². The minimum Gasteiger partial charge on any atom is -0.298 e. The first-order chi connectivity index (χ1) is 5.69. The molecule has 0 aliphatic carbocycles. The van der Waals surface area contributed by atoms with Gasteiger partial charge in [-0.05, 0) is 33.2 Å². The van der Waals surface area contributed by atoms with E-state index >= 15 is 0 Å². The third-order valence-electron chi connectivity index (χ3n) is 3.89. The third kappa shape index (κ3) is 1.52. The maximum absolute atomic E-state index is 11.8. The SMILES string of the molecule is CC1N(C)C(C)(C)C(=O)CC1(C)C. The van der Waals surface area contributed by atoms with E-state index in [4.69, 9.17) is 0 Å². The summed E-state index contributed by atoms with van der Waals surface area (Å²) in [6, 6.07) is 0.459. The van der Waals surface area contributed by atoms with E-state index in [9.17, 15) is 4.79 Å². The molecule has 0 spiro atoms. The van der Waals surface area contributed by atoms with E-state index in [1.807, 2.05) is 20.9 Å². The summed E-state index contributed by atoms with van der Waals surface area (Å²) in [6.07, 6.45) is 0.700. The summed E-state index contributed by atoms with van der Waals surface area (Å²) in [5.74, 6) is 0.359. The summed E-state index contributed by atoms with van der Waals surface area (Å²) < 4.78 is 0. The Bertz CT molecular complexity index is 230. The second-order valence-corrected chi connectivity index (χ2v) is 5.43. The van der Waals surface area contributed by atoms with Crippen molar-refractivity contribution < 1.29 is 4.79 Å². The highest BCUT2D eigenvalue weighted by Crippen LogP contribution is 2.39. The highest BCUT2D eigenvalue weighted by Gasteiger charge is 2.46. The number of piperidine rings is 1. The van der Waals surface area contributed by atoms with Gasteiger partial charge in [-0.15, -0.1) is 0 Å². The molecule has 0 saturated carbocycles. The molecule has 2 heteroatoms. The van der Waals surface area contributed by atoms with Gasteiger partial charge in [0.1, 0.15) is 0 Å². The molecule has 1 atom stereocenters. The fourth-order valence-electron chi connectivity index (χ4n) is 1.98. The normalized spacial score (nSPS) is 33.4. The molecule has 1 rings (SSSR count). The average molecular weight is 183 g/mol. The first-order valence-corrected chi connectivity index (χ1v) is 4.96. The second-order valence-electron chi connectivity index (χ2n) is 5.43. The van der Waals surface area contributed by atoms with Gasteiger partial charge in [0.05, 0.1) is 5.54 Å². The summed E-state index contributed by atoms with van der Waals surface area (Å²) in [5, 5.41) is 0. The van der Waals surface area contributed by atoms with Crippen molar-refractivity contribution in [1.29, 1.82) is 0 Å². The molecule has 2 nitrogen and oxygen atoms in total. The lowest BCUT2D eigenvalue weighted by Crippen LogP contribution is -2.61. The first kappa shape index (κ1) is 10.7. The van der Waals surface area contributed by atoms with Crippen LogP contribution in [0.2, 0.25) is 0 Å². The number of carbonyl (C=O) groups excluding carboxylic acids is 1. The van der Waals surface area contributed by atoms with Gasteiger partial charge in [-0.1, -0.05) is 13.8 Å². The van der Waals surface area contributed by atoms with Gasteiger partial charge >= 0.3 is 0 Å². The predicted molar refractivity (Wildman–Crippen MR) is 54.7 cm³/mol. The average Bonchev–Trinajstić information content (AvgIpc) is 1.98. The number of nitrogens with zero attached hydrogens (tertiary/aromatic N) is 1. The Kier molecular flexibility index (Phi) is 2.31. The maximum Gasteiger partial charge on any atom is 0.153 e. The van der Waals surface area contributed by atoms with E-state index in [0.717, 1.165) is 0 Å². The molecular weight excluding hydrogens is 162 g/mol. The molecule has 76 valence electrons. The molecule has 13 heavy (non-hydrogen) atoms. The zero-order valence-electron chi connectivity index (χ0n) is 9.64. The van der Waals surface area contributed by atoms with Crippen LogP contribution >= 0.6 is 0 Å². The van der Waals surface area contributed by atoms with Crippen LogP contribution in [0.3, 0.4) is 0 Å². The van der Waals surface area contributed by atoms with Gasteiger partial charge in [-0.3, -0.25) is 9.69 Å². The second kappa shape index (κ2) is 2.81. The number of likely N-dealkylation sites (tertiary alicyclic amines) is 1. The van der Waals surface area contributed by atoms with Crippen LogP contribution in [-0.4, -0.2) is 29.3 Å². The summed E-state index contributed by atoms with van der Waals surface area (Å²) in [7, 11) is 2.05. The fourth-order valence-corrected chi connectivity index (χ4v) is 1.98. The van der Waals surface area contributed by atoms with Gasteiger partial charge < -0.3 is 0 Å².